The molecule has 2 aromatic rings. The third kappa shape index (κ3) is 3.78. The third-order valence-corrected chi connectivity index (χ3v) is 3.92. The van der Waals surface area contributed by atoms with Crippen LogP contribution in [0.1, 0.15) is 11.1 Å². The van der Waals surface area contributed by atoms with Gasteiger partial charge in [0.15, 0.2) is 0 Å². The maximum atomic E-state index is 5.61. The minimum absolute atomic E-state index is 0.394. The number of thiocarbonyl (C=S) groups is 1. The molecule has 0 aliphatic heterocycles. The van der Waals surface area contributed by atoms with E-state index in [0.717, 1.165) is 25.9 Å². The molecule has 0 aliphatic rings. The summed E-state index contributed by atoms with van der Waals surface area (Å²) in [5.41, 5.74) is 9.64. The monoisotopic (exact) mass is 398 g/mol. The molecule has 0 heterocycles. The van der Waals surface area contributed by atoms with Gasteiger partial charge in [-0.25, -0.2) is 0 Å². The van der Waals surface area contributed by atoms with Gasteiger partial charge in [-0.3, -0.25) is 0 Å². The van der Waals surface area contributed by atoms with Gasteiger partial charge in [-0.15, -0.1) is 0 Å². The van der Waals surface area contributed by atoms with Crippen LogP contribution in [-0.2, 0) is 0 Å². The first kappa shape index (κ1) is 14.5. The van der Waals surface area contributed by atoms with E-state index in [-0.39, 0.29) is 0 Å². The summed E-state index contributed by atoms with van der Waals surface area (Å²) in [5, 5.41) is 3.36. The Kier molecular flexibility index (Phi) is 4.60. The van der Waals surface area contributed by atoms with Gasteiger partial charge in [-0.05, 0) is 64.8 Å². The smallest absolute Gasteiger partial charge is 0.104 e. The number of rotatable bonds is 3. The van der Waals surface area contributed by atoms with Crippen LogP contribution in [0.2, 0.25) is 0 Å². The van der Waals surface area contributed by atoms with Gasteiger partial charge < -0.3 is 11.1 Å². The van der Waals surface area contributed by atoms with Gasteiger partial charge in [0.1, 0.15) is 4.99 Å². The Bertz CT molecular complexity index is 621. The second-order valence-corrected chi connectivity index (χ2v) is 6.41. The lowest BCUT2D eigenvalue weighted by molar-refractivity contribution is 1.42. The summed E-state index contributed by atoms with van der Waals surface area (Å²) in [6.07, 6.45) is 0. The second-order valence-electron chi connectivity index (χ2n) is 4.20. The molecule has 0 atom stereocenters. The molecule has 0 unspecified atom stereocenters. The number of anilines is 2. The van der Waals surface area contributed by atoms with Crippen LogP contribution in [-0.4, -0.2) is 4.99 Å². The van der Waals surface area contributed by atoms with E-state index in [1.165, 1.54) is 5.56 Å². The first-order valence-corrected chi connectivity index (χ1v) is 7.59. The molecule has 0 aromatic heterocycles. The minimum atomic E-state index is 0.394. The highest BCUT2D eigenvalue weighted by Crippen LogP contribution is 2.28. The molecule has 0 saturated heterocycles. The normalized spacial score (nSPS) is 10.3. The summed E-state index contributed by atoms with van der Waals surface area (Å²) in [5.74, 6) is 0. The van der Waals surface area contributed by atoms with Crippen molar-refractivity contribution in [2.45, 2.75) is 6.92 Å². The van der Waals surface area contributed by atoms with Crippen molar-refractivity contribution in [3.05, 3.63) is 56.5 Å². The fourth-order valence-corrected chi connectivity index (χ4v) is 2.95. The largest absolute Gasteiger partial charge is 0.389 e. The zero-order valence-electron chi connectivity index (χ0n) is 10.2. The number of nitrogens with one attached hydrogen (secondary N) is 1. The Morgan fingerprint density at radius 2 is 1.89 bits per heavy atom. The predicted molar refractivity (Wildman–Crippen MR) is 92.2 cm³/mol. The van der Waals surface area contributed by atoms with Crippen LogP contribution < -0.4 is 11.1 Å². The van der Waals surface area contributed by atoms with Gasteiger partial charge in [0, 0.05) is 20.2 Å². The standard InChI is InChI=1S/C14H12Br2N2S/c1-8-4-10(15)7-11(5-8)18-13-3-2-9(14(17)19)6-12(13)16/h2-7,18H,1H3,(H2,17,19). The van der Waals surface area contributed by atoms with E-state index in [1.54, 1.807) is 0 Å². The number of aryl methyl sites for hydroxylation is 1. The van der Waals surface area contributed by atoms with Crippen LogP contribution in [0.3, 0.4) is 0 Å². The molecule has 2 rings (SSSR count). The van der Waals surface area contributed by atoms with Gasteiger partial charge in [0.2, 0.25) is 0 Å². The van der Waals surface area contributed by atoms with Gasteiger partial charge in [-0.1, -0.05) is 28.1 Å². The lowest BCUT2D eigenvalue weighted by atomic mass is 10.2. The van der Waals surface area contributed by atoms with Crippen LogP contribution in [0.4, 0.5) is 11.4 Å². The molecule has 2 aromatic carbocycles. The summed E-state index contributed by atoms with van der Waals surface area (Å²) in [6.45, 7) is 2.06. The third-order valence-electron chi connectivity index (χ3n) is 2.57. The molecule has 98 valence electrons. The molecule has 5 heteroatoms. The molecule has 0 amide bonds. The molecule has 0 saturated carbocycles. The van der Waals surface area contributed by atoms with E-state index in [1.807, 2.05) is 24.3 Å². The molecule has 0 aliphatic carbocycles. The minimum Gasteiger partial charge on any atom is -0.389 e. The molecular formula is C14H12Br2N2S. The zero-order valence-corrected chi connectivity index (χ0v) is 14.2. The van der Waals surface area contributed by atoms with Gasteiger partial charge in [0.05, 0.1) is 5.69 Å². The van der Waals surface area contributed by atoms with Gasteiger partial charge in [0.25, 0.3) is 0 Å². The average molecular weight is 400 g/mol. The molecule has 0 spiro atoms. The lowest BCUT2D eigenvalue weighted by Gasteiger charge is -2.11. The number of halogens is 2. The Balaban J connectivity index is 2.30. The van der Waals surface area contributed by atoms with Crippen molar-refractivity contribution in [1.29, 1.82) is 0 Å². The van der Waals surface area contributed by atoms with Gasteiger partial charge >= 0.3 is 0 Å². The van der Waals surface area contributed by atoms with Crippen molar-refractivity contribution in [3.8, 4) is 0 Å². The van der Waals surface area contributed by atoms with Crippen molar-refractivity contribution in [3.63, 3.8) is 0 Å². The van der Waals surface area contributed by atoms with Crippen molar-refractivity contribution in [2.75, 3.05) is 5.32 Å². The highest BCUT2D eigenvalue weighted by Gasteiger charge is 2.04. The zero-order chi connectivity index (χ0) is 14.0. The summed E-state index contributed by atoms with van der Waals surface area (Å²) in [7, 11) is 0. The molecule has 3 N–H and O–H groups in total. The summed E-state index contributed by atoms with van der Waals surface area (Å²) < 4.78 is 1.97. The quantitative estimate of drug-likeness (QED) is 0.721. The summed E-state index contributed by atoms with van der Waals surface area (Å²) in [6, 6.07) is 11.9. The van der Waals surface area contributed by atoms with E-state index in [2.05, 4.69) is 56.2 Å². The molecule has 19 heavy (non-hydrogen) atoms. The van der Waals surface area contributed by atoms with Crippen molar-refractivity contribution < 1.29 is 0 Å². The Morgan fingerprint density at radius 3 is 2.47 bits per heavy atom. The highest BCUT2D eigenvalue weighted by molar-refractivity contribution is 9.10. The first-order valence-electron chi connectivity index (χ1n) is 5.59. The molecule has 0 fully saturated rings. The van der Waals surface area contributed by atoms with Gasteiger partial charge in [-0.2, -0.15) is 0 Å². The highest BCUT2D eigenvalue weighted by atomic mass is 79.9. The molecule has 2 nitrogen and oxygen atoms in total. The number of hydrogen-bond donors (Lipinski definition) is 2. The second kappa shape index (κ2) is 6.03. The van der Waals surface area contributed by atoms with Crippen LogP contribution in [0.15, 0.2) is 45.3 Å². The Hall–Kier alpha value is -0.910. The van der Waals surface area contributed by atoms with Crippen molar-refractivity contribution in [1.82, 2.24) is 0 Å². The maximum absolute atomic E-state index is 5.61. The molecule has 0 radical (unpaired) electrons. The molecular weight excluding hydrogens is 388 g/mol. The van der Waals surface area contributed by atoms with Crippen LogP contribution >= 0.6 is 44.1 Å². The lowest BCUT2D eigenvalue weighted by Crippen LogP contribution is -2.09. The van der Waals surface area contributed by atoms with E-state index in [0.29, 0.717) is 4.99 Å². The van der Waals surface area contributed by atoms with E-state index < -0.39 is 0 Å². The SMILES string of the molecule is Cc1cc(Br)cc(Nc2ccc(C(N)=S)cc2Br)c1. The first-order chi connectivity index (χ1) is 8.95. The topological polar surface area (TPSA) is 38.0 Å². The summed E-state index contributed by atoms with van der Waals surface area (Å²) in [4.78, 5) is 0.394. The fourth-order valence-electron chi connectivity index (χ4n) is 1.73. The Labute approximate surface area is 134 Å². The van der Waals surface area contributed by atoms with E-state index >= 15 is 0 Å². The van der Waals surface area contributed by atoms with Crippen LogP contribution in [0, 0.1) is 6.92 Å². The predicted octanol–water partition coefficient (Wildman–Crippen LogP) is 4.90. The van der Waals surface area contributed by atoms with E-state index in [9.17, 15) is 0 Å². The Morgan fingerprint density at radius 1 is 1.16 bits per heavy atom. The summed E-state index contributed by atoms with van der Waals surface area (Å²) >= 11 is 12.0. The maximum Gasteiger partial charge on any atom is 0.104 e. The number of hydrogen-bond acceptors (Lipinski definition) is 2. The van der Waals surface area contributed by atoms with Crippen molar-refractivity contribution >= 4 is 60.4 Å². The number of nitrogens with two attached hydrogens (primary N) is 1. The van der Waals surface area contributed by atoms with Crippen molar-refractivity contribution in [2.24, 2.45) is 5.73 Å². The fraction of sp³-hybridized carbons (Fsp3) is 0.0714. The average Bonchev–Trinajstić information content (AvgIpc) is 2.30. The van der Waals surface area contributed by atoms with E-state index in [4.69, 9.17) is 18.0 Å². The van der Waals surface area contributed by atoms with Crippen LogP contribution in [0.25, 0.3) is 0 Å². The number of benzene rings is 2. The van der Waals surface area contributed by atoms with Crippen LogP contribution in [0.5, 0.6) is 0 Å². The molecule has 0 bridgehead atoms.